The van der Waals surface area contributed by atoms with E-state index in [-0.39, 0.29) is 24.3 Å². The predicted octanol–water partition coefficient (Wildman–Crippen LogP) is 2.46. The molecule has 3 heterocycles. The third kappa shape index (κ3) is 4.45. The number of benzene rings is 1. The number of amides is 2. The third-order valence-electron chi connectivity index (χ3n) is 5.72. The van der Waals surface area contributed by atoms with Crippen LogP contribution in [0.3, 0.4) is 0 Å². The summed E-state index contributed by atoms with van der Waals surface area (Å²) in [4.78, 5) is 30.9. The maximum absolute atomic E-state index is 12.9. The van der Waals surface area contributed by atoms with E-state index in [1.165, 1.54) is 16.0 Å². The highest BCUT2D eigenvalue weighted by molar-refractivity contribution is 7.10. The number of carbonyl (C=O) groups excluding carboxylic acids is 2. The number of aryl methyl sites for hydroxylation is 1. The first-order valence-corrected chi connectivity index (χ1v) is 11.0. The average molecular weight is 398 g/mol. The zero-order valence-electron chi connectivity index (χ0n) is 16.1. The second-order valence-corrected chi connectivity index (χ2v) is 8.57. The Morgan fingerprint density at radius 1 is 1.18 bits per heavy atom. The molecule has 1 saturated heterocycles. The molecule has 1 N–H and O–H groups in total. The van der Waals surface area contributed by atoms with Crippen LogP contribution in [0.1, 0.15) is 28.8 Å². The van der Waals surface area contributed by atoms with Crippen molar-refractivity contribution in [1.82, 2.24) is 15.1 Å². The van der Waals surface area contributed by atoms with Gasteiger partial charge in [-0.05, 0) is 48.4 Å². The van der Waals surface area contributed by atoms with Crippen LogP contribution in [0.2, 0.25) is 0 Å². The maximum atomic E-state index is 12.9. The molecule has 5 nitrogen and oxygen atoms in total. The minimum Gasteiger partial charge on any atom is -0.353 e. The van der Waals surface area contributed by atoms with E-state index in [0.717, 1.165) is 38.9 Å². The second kappa shape index (κ2) is 8.88. The van der Waals surface area contributed by atoms with Gasteiger partial charge in [-0.25, -0.2) is 0 Å². The van der Waals surface area contributed by atoms with Gasteiger partial charge in [0.25, 0.3) is 0 Å². The Bertz CT molecular complexity index is 820. The molecule has 148 valence electrons. The number of carbonyl (C=O) groups is 2. The van der Waals surface area contributed by atoms with Crippen LogP contribution < -0.4 is 5.32 Å². The summed E-state index contributed by atoms with van der Waals surface area (Å²) in [5.74, 6) is 0.0829. The van der Waals surface area contributed by atoms with E-state index in [0.29, 0.717) is 13.1 Å². The molecule has 2 aliphatic heterocycles. The Hall–Kier alpha value is -2.18. The molecule has 0 aliphatic carbocycles. The van der Waals surface area contributed by atoms with E-state index < -0.39 is 0 Å². The molecule has 1 atom stereocenters. The molecule has 1 unspecified atom stereocenters. The van der Waals surface area contributed by atoms with Crippen molar-refractivity contribution in [3.63, 3.8) is 0 Å². The van der Waals surface area contributed by atoms with Crippen molar-refractivity contribution in [1.29, 1.82) is 0 Å². The molecule has 2 aromatic rings. The van der Waals surface area contributed by atoms with Gasteiger partial charge in [-0.1, -0.05) is 30.3 Å². The Morgan fingerprint density at radius 2 is 2.04 bits per heavy atom. The summed E-state index contributed by atoms with van der Waals surface area (Å²) in [6.07, 6.45) is 3.18. The standard InChI is InChI=1S/C22H27N3O2S/c26-21(25-12-8-20-18(16-25)9-14-28-20)15-19-22(27)23-10-13-24(19)11-4-7-17-5-2-1-3-6-17/h1-3,5-6,9,14,19H,4,7-8,10-13,15-16H2,(H,23,27). The molecule has 0 saturated carbocycles. The molecule has 1 fully saturated rings. The Balaban J connectivity index is 1.34. The van der Waals surface area contributed by atoms with Gasteiger partial charge >= 0.3 is 0 Å². The van der Waals surface area contributed by atoms with Gasteiger partial charge in [0.15, 0.2) is 0 Å². The number of hydrogen-bond donors (Lipinski definition) is 1. The molecule has 1 aromatic heterocycles. The van der Waals surface area contributed by atoms with Crippen LogP contribution in [-0.2, 0) is 29.0 Å². The van der Waals surface area contributed by atoms with Crippen LogP contribution in [0.5, 0.6) is 0 Å². The lowest BCUT2D eigenvalue weighted by molar-refractivity contribution is -0.139. The molecule has 0 bridgehead atoms. The summed E-state index contributed by atoms with van der Waals surface area (Å²) in [5.41, 5.74) is 2.58. The van der Waals surface area contributed by atoms with Crippen molar-refractivity contribution in [3.05, 3.63) is 57.8 Å². The van der Waals surface area contributed by atoms with Crippen molar-refractivity contribution in [2.75, 3.05) is 26.2 Å². The van der Waals surface area contributed by atoms with Gasteiger partial charge in [-0.2, -0.15) is 0 Å². The van der Waals surface area contributed by atoms with Crippen LogP contribution in [0.4, 0.5) is 0 Å². The highest BCUT2D eigenvalue weighted by Crippen LogP contribution is 2.25. The lowest BCUT2D eigenvalue weighted by Crippen LogP contribution is -2.57. The van der Waals surface area contributed by atoms with Crippen LogP contribution in [0, 0.1) is 0 Å². The van der Waals surface area contributed by atoms with Crippen molar-refractivity contribution >= 4 is 23.2 Å². The number of fused-ring (bicyclic) bond motifs is 1. The molecule has 0 spiro atoms. The van der Waals surface area contributed by atoms with E-state index in [9.17, 15) is 9.59 Å². The fourth-order valence-electron chi connectivity index (χ4n) is 4.14. The third-order valence-corrected chi connectivity index (χ3v) is 6.75. The summed E-state index contributed by atoms with van der Waals surface area (Å²) in [6, 6.07) is 12.2. The second-order valence-electron chi connectivity index (χ2n) is 7.57. The number of nitrogens with one attached hydrogen (secondary N) is 1. The molecule has 2 amide bonds. The maximum Gasteiger partial charge on any atom is 0.237 e. The summed E-state index contributed by atoms with van der Waals surface area (Å²) < 4.78 is 0. The Morgan fingerprint density at radius 3 is 2.89 bits per heavy atom. The first-order valence-electron chi connectivity index (χ1n) is 10.1. The molecule has 4 rings (SSSR count). The molecule has 6 heteroatoms. The first kappa shape index (κ1) is 19.2. The largest absolute Gasteiger partial charge is 0.353 e. The summed E-state index contributed by atoms with van der Waals surface area (Å²) in [5, 5.41) is 5.04. The van der Waals surface area contributed by atoms with Gasteiger partial charge in [-0.3, -0.25) is 14.5 Å². The summed E-state index contributed by atoms with van der Waals surface area (Å²) in [6.45, 7) is 3.76. The number of thiophene rings is 1. The van der Waals surface area contributed by atoms with E-state index in [1.807, 2.05) is 11.0 Å². The minimum atomic E-state index is -0.346. The number of hydrogen-bond acceptors (Lipinski definition) is 4. The van der Waals surface area contributed by atoms with Crippen molar-refractivity contribution in [2.24, 2.45) is 0 Å². The number of piperazine rings is 1. The van der Waals surface area contributed by atoms with Crippen LogP contribution in [-0.4, -0.2) is 53.8 Å². The summed E-state index contributed by atoms with van der Waals surface area (Å²) >= 11 is 1.77. The Labute approximate surface area is 170 Å². The van der Waals surface area contributed by atoms with Crippen molar-refractivity contribution in [2.45, 2.75) is 38.3 Å². The van der Waals surface area contributed by atoms with Gasteiger partial charge in [0, 0.05) is 31.1 Å². The lowest BCUT2D eigenvalue weighted by atomic mass is 10.0. The smallest absolute Gasteiger partial charge is 0.237 e. The number of nitrogens with zero attached hydrogens (tertiary/aromatic N) is 2. The van der Waals surface area contributed by atoms with Gasteiger partial charge < -0.3 is 10.2 Å². The highest BCUT2D eigenvalue weighted by Gasteiger charge is 2.33. The van der Waals surface area contributed by atoms with Crippen LogP contribution >= 0.6 is 11.3 Å². The zero-order valence-corrected chi connectivity index (χ0v) is 16.9. The topological polar surface area (TPSA) is 52.7 Å². The van der Waals surface area contributed by atoms with E-state index >= 15 is 0 Å². The van der Waals surface area contributed by atoms with Crippen LogP contribution in [0.25, 0.3) is 0 Å². The van der Waals surface area contributed by atoms with Gasteiger partial charge in [0.1, 0.15) is 0 Å². The quantitative estimate of drug-likeness (QED) is 0.815. The lowest BCUT2D eigenvalue weighted by Gasteiger charge is -2.36. The van der Waals surface area contributed by atoms with Gasteiger partial charge in [0.05, 0.1) is 12.5 Å². The molecular weight excluding hydrogens is 370 g/mol. The molecule has 0 radical (unpaired) electrons. The number of rotatable bonds is 6. The minimum absolute atomic E-state index is 0.00690. The van der Waals surface area contributed by atoms with Gasteiger partial charge in [0.2, 0.25) is 11.8 Å². The van der Waals surface area contributed by atoms with Crippen molar-refractivity contribution in [3.8, 4) is 0 Å². The zero-order chi connectivity index (χ0) is 19.3. The monoisotopic (exact) mass is 397 g/mol. The molecule has 28 heavy (non-hydrogen) atoms. The van der Waals surface area contributed by atoms with Crippen molar-refractivity contribution < 1.29 is 9.59 Å². The van der Waals surface area contributed by atoms with E-state index in [1.54, 1.807) is 11.3 Å². The van der Waals surface area contributed by atoms with E-state index in [2.05, 4.69) is 45.9 Å². The highest BCUT2D eigenvalue weighted by atomic mass is 32.1. The van der Waals surface area contributed by atoms with Crippen LogP contribution in [0.15, 0.2) is 41.8 Å². The van der Waals surface area contributed by atoms with Gasteiger partial charge in [-0.15, -0.1) is 11.3 Å². The fraction of sp³-hybridized carbons (Fsp3) is 0.455. The average Bonchev–Trinajstić information content (AvgIpc) is 3.19. The predicted molar refractivity (Wildman–Crippen MR) is 111 cm³/mol. The fourth-order valence-corrected chi connectivity index (χ4v) is 5.03. The molecular formula is C22H27N3O2S. The molecule has 2 aliphatic rings. The normalized spacial score (nSPS) is 19.9. The van der Waals surface area contributed by atoms with E-state index in [4.69, 9.17) is 0 Å². The Kier molecular flexibility index (Phi) is 6.07. The first-order chi connectivity index (χ1) is 13.7. The summed E-state index contributed by atoms with van der Waals surface area (Å²) in [7, 11) is 0. The molecule has 1 aromatic carbocycles. The SMILES string of the molecule is O=C1NCCN(CCCc2ccccc2)C1CC(=O)N1CCc2sccc2C1.